The normalized spacial score (nSPS) is 19.6. The van der Waals surface area contributed by atoms with E-state index < -0.39 is 10.0 Å². The van der Waals surface area contributed by atoms with Crippen LogP contribution >= 0.6 is 0 Å². The topological polar surface area (TPSA) is 59.0 Å². The highest BCUT2D eigenvalue weighted by atomic mass is 32.2. The second-order valence-electron chi connectivity index (χ2n) is 10.0. The summed E-state index contributed by atoms with van der Waals surface area (Å²) in [6.45, 7) is 16.0. The van der Waals surface area contributed by atoms with Gasteiger partial charge in [0.25, 0.3) is 10.0 Å². The fourth-order valence-corrected chi connectivity index (χ4v) is 6.27. The molecule has 0 aromatic heterocycles. The van der Waals surface area contributed by atoms with Crippen LogP contribution in [-0.2, 0) is 16.4 Å². The predicted molar refractivity (Wildman–Crippen MR) is 123 cm³/mol. The Hall–Kier alpha value is -1.56. The molecule has 5 nitrogen and oxygen atoms in total. The van der Waals surface area contributed by atoms with E-state index in [9.17, 15) is 8.42 Å². The van der Waals surface area contributed by atoms with Crippen LogP contribution in [0.3, 0.4) is 0 Å². The molecule has 0 radical (unpaired) electrons. The third-order valence-corrected chi connectivity index (χ3v) is 8.04. The van der Waals surface area contributed by atoms with Gasteiger partial charge in [-0.2, -0.15) is 8.42 Å². The van der Waals surface area contributed by atoms with Crippen molar-refractivity contribution in [2.45, 2.75) is 97.5 Å². The Labute approximate surface area is 183 Å². The standard InChI is InChI=1S/C24H38N2O3S/c1-16(2)15-21(26-13-9-8-10-14-26)25-30(27,28)23-18(4)17(3)22-20(19(23)5)11-12-24(6,7)29-22/h16H,8-15H2,1-7H3/b25-21-. The molecule has 2 heterocycles. The summed E-state index contributed by atoms with van der Waals surface area (Å²) in [7, 11) is -3.81. The second kappa shape index (κ2) is 8.52. The van der Waals surface area contributed by atoms with Crippen molar-refractivity contribution in [3.8, 4) is 5.75 Å². The van der Waals surface area contributed by atoms with Crippen LogP contribution in [-0.4, -0.2) is 37.8 Å². The van der Waals surface area contributed by atoms with E-state index in [1.165, 1.54) is 6.42 Å². The number of sulfonamides is 1. The van der Waals surface area contributed by atoms with Gasteiger partial charge in [0.05, 0.1) is 4.90 Å². The van der Waals surface area contributed by atoms with Crippen molar-refractivity contribution in [1.29, 1.82) is 0 Å². The lowest BCUT2D eigenvalue weighted by atomic mass is 9.88. The maximum absolute atomic E-state index is 13.6. The van der Waals surface area contributed by atoms with E-state index in [4.69, 9.17) is 4.74 Å². The van der Waals surface area contributed by atoms with Gasteiger partial charge >= 0.3 is 0 Å². The van der Waals surface area contributed by atoms with Gasteiger partial charge in [0, 0.05) is 19.5 Å². The lowest BCUT2D eigenvalue weighted by Gasteiger charge is -2.35. The average molecular weight is 435 g/mol. The van der Waals surface area contributed by atoms with E-state index in [0.717, 1.165) is 72.6 Å². The summed E-state index contributed by atoms with van der Waals surface area (Å²) in [4.78, 5) is 2.56. The third kappa shape index (κ3) is 4.68. The van der Waals surface area contributed by atoms with Crippen LogP contribution in [0, 0.1) is 26.7 Å². The lowest BCUT2D eigenvalue weighted by Crippen LogP contribution is -2.37. The molecule has 2 aliphatic rings. The van der Waals surface area contributed by atoms with Gasteiger partial charge < -0.3 is 9.64 Å². The van der Waals surface area contributed by atoms with Gasteiger partial charge in [-0.1, -0.05) is 13.8 Å². The molecule has 0 amide bonds. The monoisotopic (exact) mass is 434 g/mol. The SMILES string of the molecule is Cc1c(C)c(S(=O)(=O)/N=C(/CC(C)C)N2CCCCC2)c(C)c2c1OC(C)(C)CC2. The summed E-state index contributed by atoms with van der Waals surface area (Å²) in [6, 6.07) is 0. The average Bonchev–Trinajstić information content (AvgIpc) is 2.65. The Balaban J connectivity index is 2.11. The van der Waals surface area contributed by atoms with Crippen molar-refractivity contribution in [3.63, 3.8) is 0 Å². The zero-order valence-electron chi connectivity index (χ0n) is 19.8. The number of likely N-dealkylation sites (tertiary alicyclic amines) is 1. The minimum atomic E-state index is -3.81. The first-order chi connectivity index (χ1) is 13.9. The Kier molecular flexibility index (Phi) is 6.57. The number of nitrogens with zero attached hydrogens (tertiary/aromatic N) is 2. The second-order valence-corrected chi connectivity index (χ2v) is 11.5. The molecule has 2 aliphatic heterocycles. The van der Waals surface area contributed by atoms with Crippen LogP contribution in [0.1, 0.15) is 82.1 Å². The molecule has 1 aromatic carbocycles. The van der Waals surface area contributed by atoms with E-state index >= 15 is 0 Å². The zero-order valence-corrected chi connectivity index (χ0v) is 20.6. The lowest BCUT2D eigenvalue weighted by molar-refractivity contribution is 0.0832. The first kappa shape index (κ1) is 23.1. The highest BCUT2D eigenvalue weighted by molar-refractivity contribution is 7.90. The van der Waals surface area contributed by atoms with Crippen molar-refractivity contribution < 1.29 is 13.2 Å². The summed E-state index contributed by atoms with van der Waals surface area (Å²) in [6.07, 6.45) is 5.78. The van der Waals surface area contributed by atoms with Crippen molar-refractivity contribution in [2.75, 3.05) is 13.1 Å². The number of fused-ring (bicyclic) bond motifs is 1. The van der Waals surface area contributed by atoms with Crippen molar-refractivity contribution in [1.82, 2.24) is 4.90 Å². The third-order valence-electron chi connectivity index (χ3n) is 6.46. The number of hydrogen-bond acceptors (Lipinski definition) is 3. The summed E-state index contributed by atoms with van der Waals surface area (Å²) in [5.74, 6) is 1.93. The van der Waals surface area contributed by atoms with Gasteiger partial charge in [-0.3, -0.25) is 0 Å². The molecule has 6 heteroatoms. The molecule has 0 aliphatic carbocycles. The minimum Gasteiger partial charge on any atom is -0.487 e. The molecule has 168 valence electrons. The van der Waals surface area contributed by atoms with Crippen LogP contribution in [0.15, 0.2) is 9.29 Å². The quantitative estimate of drug-likeness (QED) is 0.474. The number of ether oxygens (including phenoxy) is 1. The molecule has 0 unspecified atom stereocenters. The largest absolute Gasteiger partial charge is 0.487 e. The van der Waals surface area contributed by atoms with E-state index in [1.54, 1.807) is 0 Å². The number of piperidine rings is 1. The number of benzene rings is 1. The molecule has 0 spiro atoms. The Morgan fingerprint density at radius 1 is 1.07 bits per heavy atom. The first-order valence-corrected chi connectivity index (χ1v) is 12.8. The van der Waals surface area contributed by atoms with Crippen LogP contribution in [0.25, 0.3) is 0 Å². The molecule has 1 saturated heterocycles. The molecular weight excluding hydrogens is 396 g/mol. The Morgan fingerprint density at radius 2 is 1.70 bits per heavy atom. The molecule has 1 aromatic rings. The fraction of sp³-hybridized carbons (Fsp3) is 0.708. The maximum atomic E-state index is 13.6. The summed E-state index contributed by atoms with van der Waals surface area (Å²) >= 11 is 0. The highest BCUT2D eigenvalue weighted by Crippen LogP contribution is 2.42. The van der Waals surface area contributed by atoms with E-state index in [1.807, 2.05) is 20.8 Å². The van der Waals surface area contributed by atoms with Crippen molar-refractivity contribution >= 4 is 15.9 Å². The summed E-state index contributed by atoms with van der Waals surface area (Å²) < 4.78 is 38.0. The van der Waals surface area contributed by atoms with Gasteiger partial charge in [0.15, 0.2) is 0 Å². The molecule has 0 saturated carbocycles. The summed E-state index contributed by atoms with van der Waals surface area (Å²) in [5.41, 5.74) is 3.27. The van der Waals surface area contributed by atoms with Crippen molar-refractivity contribution in [3.05, 3.63) is 22.3 Å². The van der Waals surface area contributed by atoms with Gasteiger partial charge in [-0.25, -0.2) is 0 Å². The van der Waals surface area contributed by atoms with Gasteiger partial charge in [-0.05, 0) is 94.9 Å². The van der Waals surface area contributed by atoms with Gasteiger partial charge in [0.1, 0.15) is 17.2 Å². The molecular formula is C24H38N2O3S. The van der Waals surface area contributed by atoms with Crippen molar-refractivity contribution in [2.24, 2.45) is 10.3 Å². The van der Waals surface area contributed by atoms with Crippen LogP contribution < -0.4 is 4.74 Å². The molecule has 0 bridgehead atoms. The highest BCUT2D eigenvalue weighted by Gasteiger charge is 2.34. The molecule has 0 atom stereocenters. The van der Waals surface area contributed by atoms with E-state index in [-0.39, 0.29) is 5.60 Å². The molecule has 30 heavy (non-hydrogen) atoms. The smallest absolute Gasteiger partial charge is 0.284 e. The van der Waals surface area contributed by atoms with E-state index in [2.05, 4.69) is 37.0 Å². The number of amidine groups is 1. The summed E-state index contributed by atoms with van der Waals surface area (Å²) in [5, 5.41) is 0. The fourth-order valence-electron chi connectivity index (χ4n) is 4.66. The minimum absolute atomic E-state index is 0.228. The first-order valence-electron chi connectivity index (χ1n) is 11.3. The predicted octanol–water partition coefficient (Wildman–Crippen LogP) is 5.33. The molecule has 0 N–H and O–H groups in total. The van der Waals surface area contributed by atoms with Gasteiger partial charge in [-0.15, -0.1) is 4.40 Å². The zero-order chi connectivity index (χ0) is 22.3. The molecule has 1 fully saturated rings. The number of hydrogen-bond donors (Lipinski definition) is 0. The van der Waals surface area contributed by atoms with Crippen LogP contribution in [0.5, 0.6) is 5.75 Å². The Morgan fingerprint density at radius 3 is 2.30 bits per heavy atom. The Bertz CT molecular complexity index is 940. The van der Waals surface area contributed by atoms with E-state index in [0.29, 0.717) is 17.2 Å². The van der Waals surface area contributed by atoms with Crippen LogP contribution in [0.2, 0.25) is 0 Å². The number of rotatable bonds is 4. The molecule has 3 rings (SSSR count). The maximum Gasteiger partial charge on any atom is 0.284 e. The van der Waals surface area contributed by atoms with Crippen LogP contribution in [0.4, 0.5) is 0 Å². The van der Waals surface area contributed by atoms with Gasteiger partial charge in [0.2, 0.25) is 0 Å².